The fourth-order valence-corrected chi connectivity index (χ4v) is 3.12. The van der Waals surface area contributed by atoms with E-state index in [2.05, 4.69) is 0 Å². The van der Waals surface area contributed by atoms with Crippen molar-refractivity contribution in [3.63, 3.8) is 0 Å². The summed E-state index contributed by atoms with van der Waals surface area (Å²) in [6.45, 7) is 1.84. The third-order valence-electron chi connectivity index (χ3n) is 4.05. The lowest BCUT2D eigenvalue weighted by Gasteiger charge is -2.20. The Labute approximate surface area is 162 Å². The molecule has 1 N–H and O–H groups in total. The first kappa shape index (κ1) is 18.3. The van der Waals surface area contributed by atoms with Crippen molar-refractivity contribution >= 4 is 45.7 Å². The van der Waals surface area contributed by atoms with Crippen molar-refractivity contribution in [2.75, 3.05) is 13.6 Å². The van der Waals surface area contributed by atoms with Gasteiger partial charge in [0, 0.05) is 28.6 Å². The monoisotopic (exact) mass is 384 g/mol. The minimum atomic E-state index is -0.928. The summed E-state index contributed by atoms with van der Waals surface area (Å²) in [5, 5.41) is 10.6. The summed E-state index contributed by atoms with van der Waals surface area (Å²) in [6, 6.07) is 15.3. The first-order chi connectivity index (χ1) is 12.3. The van der Waals surface area contributed by atoms with E-state index >= 15 is 0 Å². The third-order valence-corrected chi connectivity index (χ3v) is 4.84. The molecule has 26 heavy (non-hydrogen) atoms. The molecule has 1 aromatic heterocycles. The van der Waals surface area contributed by atoms with Gasteiger partial charge < -0.3 is 10.0 Å². The molecule has 0 radical (unpaired) electrons. The maximum atomic E-state index is 11.1. The maximum absolute atomic E-state index is 11.1. The largest absolute Gasteiger partial charge is 0.480 e. The highest BCUT2D eigenvalue weighted by molar-refractivity contribution is 7.80. The standard InChI is InChI=1S/C20H17ClN2O2S/c1-12-3-8-17-15(9-12)16(20(26)23(2)11-19(24)25)10-18(22-17)13-4-6-14(21)7-5-13/h3-10H,11H2,1-2H3,(H,24,25). The molecular formula is C20H17ClN2O2S. The highest BCUT2D eigenvalue weighted by atomic mass is 35.5. The lowest BCUT2D eigenvalue weighted by atomic mass is 10.0. The maximum Gasteiger partial charge on any atom is 0.323 e. The number of aryl methyl sites for hydroxylation is 1. The molecule has 4 nitrogen and oxygen atoms in total. The summed E-state index contributed by atoms with van der Waals surface area (Å²) in [5.74, 6) is -0.928. The van der Waals surface area contributed by atoms with E-state index in [1.54, 1.807) is 11.9 Å². The molecule has 0 fully saturated rings. The Kier molecular flexibility index (Phi) is 5.20. The molecule has 0 spiro atoms. The Hall–Kier alpha value is -2.50. The highest BCUT2D eigenvalue weighted by Crippen LogP contribution is 2.27. The summed E-state index contributed by atoms with van der Waals surface area (Å²) in [6.07, 6.45) is 0. The van der Waals surface area contributed by atoms with Gasteiger partial charge in [-0.3, -0.25) is 4.79 Å². The summed E-state index contributed by atoms with van der Waals surface area (Å²) < 4.78 is 0. The van der Waals surface area contributed by atoms with E-state index in [0.717, 1.165) is 33.3 Å². The molecule has 0 saturated heterocycles. The summed E-state index contributed by atoms with van der Waals surface area (Å²) >= 11 is 11.6. The molecule has 0 aliphatic carbocycles. The average Bonchev–Trinajstić information content (AvgIpc) is 2.60. The number of hydrogen-bond acceptors (Lipinski definition) is 3. The number of aliphatic carboxylic acids is 1. The number of nitrogens with zero attached hydrogens (tertiary/aromatic N) is 2. The molecule has 0 aliphatic rings. The number of rotatable bonds is 4. The van der Waals surface area contributed by atoms with Crippen molar-refractivity contribution in [1.29, 1.82) is 0 Å². The van der Waals surface area contributed by atoms with E-state index in [-0.39, 0.29) is 6.54 Å². The Morgan fingerprint density at radius 1 is 1.19 bits per heavy atom. The lowest BCUT2D eigenvalue weighted by molar-refractivity contribution is -0.137. The first-order valence-corrected chi connectivity index (χ1v) is 8.78. The van der Waals surface area contributed by atoms with Gasteiger partial charge in [-0.1, -0.05) is 47.6 Å². The minimum Gasteiger partial charge on any atom is -0.480 e. The van der Waals surface area contributed by atoms with Gasteiger partial charge in [-0.05, 0) is 37.3 Å². The Balaban J connectivity index is 2.18. The van der Waals surface area contributed by atoms with Gasteiger partial charge in [-0.25, -0.2) is 4.98 Å². The molecule has 132 valence electrons. The molecule has 0 aliphatic heterocycles. The van der Waals surface area contributed by atoms with E-state index in [1.165, 1.54) is 0 Å². The summed E-state index contributed by atoms with van der Waals surface area (Å²) in [4.78, 5) is 17.8. The van der Waals surface area contributed by atoms with Crippen LogP contribution in [-0.4, -0.2) is 39.5 Å². The van der Waals surface area contributed by atoms with Gasteiger partial charge in [0.05, 0.1) is 11.2 Å². The first-order valence-electron chi connectivity index (χ1n) is 8.00. The van der Waals surface area contributed by atoms with Crippen molar-refractivity contribution in [3.05, 3.63) is 64.7 Å². The summed E-state index contributed by atoms with van der Waals surface area (Å²) in [7, 11) is 1.68. The van der Waals surface area contributed by atoms with Gasteiger partial charge in [0.1, 0.15) is 11.5 Å². The fourth-order valence-electron chi connectivity index (χ4n) is 2.77. The molecular weight excluding hydrogens is 368 g/mol. The van der Waals surface area contributed by atoms with Gasteiger partial charge in [-0.2, -0.15) is 0 Å². The van der Waals surface area contributed by atoms with Crippen LogP contribution in [0.3, 0.4) is 0 Å². The third kappa shape index (κ3) is 3.84. The highest BCUT2D eigenvalue weighted by Gasteiger charge is 2.16. The molecule has 0 amide bonds. The fraction of sp³-hybridized carbons (Fsp3) is 0.150. The van der Waals surface area contributed by atoms with Crippen LogP contribution in [0.15, 0.2) is 48.5 Å². The van der Waals surface area contributed by atoms with Crippen LogP contribution in [0, 0.1) is 6.92 Å². The van der Waals surface area contributed by atoms with E-state index in [4.69, 9.17) is 33.9 Å². The van der Waals surface area contributed by atoms with E-state index < -0.39 is 5.97 Å². The molecule has 0 bridgehead atoms. The van der Waals surface area contributed by atoms with Crippen LogP contribution in [0.25, 0.3) is 22.2 Å². The number of thiocarbonyl (C=S) groups is 1. The van der Waals surface area contributed by atoms with Gasteiger partial charge in [0.25, 0.3) is 0 Å². The number of carboxylic acids is 1. The topological polar surface area (TPSA) is 53.4 Å². The van der Waals surface area contributed by atoms with Gasteiger partial charge in [0.2, 0.25) is 0 Å². The van der Waals surface area contributed by atoms with E-state index in [0.29, 0.717) is 10.0 Å². The zero-order valence-corrected chi connectivity index (χ0v) is 15.9. The SMILES string of the molecule is Cc1ccc2nc(-c3ccc(Cl)cc3)cc(C(=S)N(C)CC(=O)O)c2c1. The molecule has 6 heteroatoms. The van der Waals surface area contributed by atoms with Crippen molar-refractivity contribution in [2.45, 2.75) is 6.92 Å². The Morgan fingerprint density at radius 3 is 2.54 bits per heavy atom. The molecule has 3 rings (SSSR count). The van der Waals surface area contributed by atoms with Gasteiger partial charge in [-0.15, -0.1) is 0 Å². The van der Waals surface area contributed by atoms with Crippen LogP contribution < -0.4 is 0 Å². The molecule has 3 aromatic rings. The Morgan fingerprint density at radius 2 is 1.88 bits per heavy atom. The van der Waals surface area contributed by atoms with E-state index in [1.807, 2.05) is 55.5 Å². The van der Waals surface area contributed by atoms with Crippen molar-refractivity contribution in [1.82, 2.24) is 9.88 Å². The van der Waals surface area contributed by atoms with Crippen LogP contribution in [0.1, 0.15) is 11.1 Å². The minimum absolute atomic E-state index is 0.162. The number of carbonyl (C=O) groups is 1. The second-order valence-electron chi connectivity index (χ2n) is 6.14. The predicted octanol–water partition coefficient (Wildman–Crippen LogP) is 4.56. The number of fused-ring (bicyclic) bond motifs is 1. The summed E-state index contributed by atoms with van der Waals surface area (Å²) in [5.41, 5.74) is 4.37. The second kappa shape index (κ2) is 7.40. The van der Waals surface area contributed by atoms with Gasteiger partial charge in [0.15, 0.2) is 0 Å². The average molecular weight is 385 g/mol. The second-order valence-corrected chi connectivity index (χ2v) is 6.96. The van der Waals surface area contributed by atoms with Crippen molar-refractivity contribution in [3.8, 4) is 11.3 Å². The van der Waals surface area contributed by atoms with E-state index in [9.17, 15) is 4.79 Å². The number of hydrogen-bond donors (Lipinski definition) is 1. The molecule has 0 atom stereocenters. The van der Waals surface area contributed by atoms with Crippen molar-refractivity contribution < 1.29 is 9.90 Å². The van der Waals surface area contributed by atoms with Crippen LogP contribution >= 0.6 is 23.8 Å². The predicted molar refractivity (Wildman–Crippen MR) is 109 cm³/mol. The van der Waals surface area contributed by atoms with Crippen LogP contribution in [-0.2, 0) is 4.79 Å². The zero-order valence-electron chi connectivity index (χ0n) is 14.4. The lowest BCUT2D eigenvalue weighted by Crippen LogP contribution is -2.31. The molecule has 0 unspecified atom stereocenters. The number of benzene rings is 2. The molecule has 1 heterocycles. The number of pyridine rings is 1. The smallest absolute Gasteiger partial charge is 0.323 e. The molecule has 0 saturated carbocycles. The number of halogens is 1. The zero-order chi connectivity index (χ0) is 18.8. The van der Waals surface area contributed by atoms with Crippen LogP contribution in [0.5, 0.6) is 0 Å². The Bertz CT molecular complexity index is 1000. The quantitative estimate of drug-likeness (QED) is 0.668. The number of likely N-dealkylation sites (N-methyl/N-ethyl adjacent to an activating group) is 1. The molecule has 2 aromatic carbocycles. The van der Waals surface area contributed by atoms with Crippen LogP contribution in [0.2, 0.25) is 5.02 Å². The van der Waals surface area contributed by atoms with Gasteiger partial charge >= 0.3 is 5.97 Å². The normalized spacial score (nSPS) is 10.7. The number of aromatic nitrogens is 1. The van der Waals surface area contributed by atoms with Crippen molar-refractivity contribution in [2.24, 2.45) is 0 Å². The van der Waals surface area contributed by atoms with Crippen LogP contribution in [0.4, 0.5) is 0 Å². The number of carboxylic acid groups (broad SMARTS) is 1.